The Kier molecular flexibility index (Phi) is 32.5. The van der Waals surface area contributed by atoms with E-state index in [1.54, 1.807) is 39.8 Å². The number of allylic oxidation sites excluding steroid dienone is 3. The number of carboxylic acids is 1. The Hall–Kier alpha value is -2.98. The highest BCUT2D eigenvalue weighted by Crippen LogP contribution is 2.29. The third-order valence-electron chi connectivity index (χ3n) is 8.11. The van der Waals surface area contributed by atoms with Gasteiger partial charge in [0.15, 0.2) is 0 Å². The molecule has 1 saturated carbocycles. The number of hydrogen-bond donors (Lipinski definition) is 2. The first-order valence-electron chi connectivity index (χ1n) is 19.2. The van der Waals surface area contributed by atoms with Crippen molar-refractivity contribution in [1.82, 2.24) is 0 Å². The Morgan fingerprint density at radius 2 is 1.23 bits per heavy atom. The molecular formula is C43H81NO9. The molecule has 1 fully saturated rings. The summed E-state index contributed by atoms with van der Waals surface area (Å²) >= 11 is 0. The second-order valence-corrected chi connectivity index (χ2v) is 17.1. The van der Waals surface area contributed by atoms with Gasteiger partial charge in [-0.15, -0.1) is 19.7 Å². The van der Waals surface area contributed by atoms with Gasteiger partial charge in [0.25, 0.3) is 0 Å². The number of ether oxygens (including phenoxy) is 3. The van der Waals surface area contributed by atoms with Crippen LogP contribution >= 0.6 is 0 Å². The Morgan fingerprint density at radius 3 is 1.51 bits per heavy atom. The second kappa shape index (κ2) is 30.4. The Balaban J connectivity index is -0.000000302. The van der Waals surface area contributed by atoms with Crippen molar-refractivity contribution in [3.63, 3.8) is 0 Å². The van der Waals surface area contributed by atoms with Gasteiger partial charge in [0.2, 0.25) is 0 Å². The highest BCUT2D eigenvalue weighted by Gasteiger charge is 2.30. The van der Waals surface area contributed by atoms with Crippen molar-refractivity contribution < 1.29 is 49.3 Å². The van der Waals surface area contributed by atoms with Crippen molar-refractivity contribution in [2.24, 2.45) is 33.5 Å². The largest absolute Gasteiger partial charge is 0.550 e. The highest BCUT2D eigenvalue weighted by molar-refractivity contribution is 5.78. The number of aliphatic carboxylic acids is 1. The van der Waals surface area contributed by atoms with Crippen molar-refractivity contribution in [2.45, 2.75) is 154 Å². The molecule has 0 unspecified atom stereocenters. The SMILES string of the molecule is C=CCC(C)(C)C(=O)OCC.C=CCC(C)(C)CO.C=CCC(C)(C)COC(=O)C[C@H](C(=O)[O-])C(C)(C)C.CCOC(=O)C(C)C.[NH3+]C1CCCCC1. The van der Waals surface area contributed by atoms with Crippen LogP contribution in [-0.4, -0.2) is 61.5 Å². The van der Waals surface area contributed by atoms with Crippen molar-refractivity contribution in [2.75, 3.05) is 26.4 Å². The lowest BCUT2D eigenvalue weighted by Gasteiger charge is -2.31. The summed E-state index contributed by atoms with van der Waals surface area (Å²) in [5.74, 6) is -2.82. The Bertz CT molecular complexity index is 1030. The maximum atomic E-state index is 11.7. The predicted octanol–water partition coefficient (Wildman–Crippen LogP) is 7.43. The first-order chi connectivity index (χ1) is 24.2. The average molecular weight is 756 g/mol. The van der Waals surface area contributed by atoms with E-state index in [1.807, 2.05) is 68.4 Å². The number of quaternary nitrogens is 1. The van der Waals surface area contributed by atoms with Crippen molar-refractivity contribution in [1.29, 1.82) is 0 Å². The molecule has 4 N–H and O–H groups in total. The number of aliphatic hydroxyl groups is 1. The summed E-state index contributed by atoms with van der Waals surface area (Å²) in [5.41, 5.74) is 2.89. The highest BCUT2D eigenvalue weighted by atomic mass is 16.5. The van der Waals surface area contributed by atoms with Gasteiger partial charge in [-0.2, -0.15) is 0 Å². The van der Waals surface area contributed by atoms with Crippen LogP contribution in [0.25, 0.3) is 0 Å². The molecule has 312 valence electrons. The number of aliphatic hydroxyl groups excluding tert-OH is 1. The quantitative estimate of drug-likeness (QED) is 0.0925. The molecule has 10 nitrogen and oxygen atoms in total. The van der Waals surface area contributed by atoms with Gasteiger partial charge in [-0.25, -0.2) is 0 Å². The van der Waals surface area contributed by atoms with Gasteiger partial charge in [-0.1, -0.05) is 87.0 Å². The van der Waals surface area contributed by atoms with Crippen molar-refractivity contribution >= 4 is 23.9 Å². The lowest BCUT2D eigenvalue weighted by Crippen LogP contribution is -2.61. The van der Waals surface area contributed by atoms with E-state index in [4.69, 9.17) is 14.6 Å². The van der Waals surface area contributed by atoms with Gasteiger partial charge in [-0.05, 0) is 83.5 Å². The minimum Gasteiger partial charge on any atom is -0.550 e. The molecule has 1 atom stereocenters. The molecule has 10 heteroatoms. The van der Waals surface area contributed by atoms with Gasteiger partial charge in [0, 0.05) is 23.9 Å². The monoisotopic (exact) mass is 756 g/mol. The fraction of sp³-hybridized carbons (Fsp3) is 0.767. The summed E-state index contributed by atoms with van der Waals surface area (Å²) in [6, 6.07) is 0.786. The van der Waals surface area contributed by atoms with Crippen LogP contribution in [0.2, 0.25) is 0 Å². The van der Waals surface area contributed by atoms with E-state index in [2.05, 4.69) is 30.2 Å². The van der Waals surface area contributed by atoms with E-state index in [-0.39, 0.29) is 48.3 Å². The van der Waals surface area contributed by atoms with E-state index >= 15 is 0 Å². The second-order valence-electron chi connectivity index (χ2n) is 17.1. The molecule has 0 aromatic heterocycles. The lowest BCUT2D eigenvalue weighted by molar-refractivity contribution is -0.425. The fourth-order valence-electron chi connectivity index (χ4n) is 4.42. The number of carbonyl (C=O) groups excluding carboxylic acids is 4. The molecule has 0 aromatic carbocycles. The van der Waals surface area contributed by atoms with Crippen LogP contribution in [0.4, 0.5) is 0 Å². The first kappa shape index (κ1) is 56.8. The van der Waals surface area contributed by atoms with Crippen LogP contribution in [0.3, 0.4) is 0 Å². The molecule has 0 heterocycles. The van der Waals surface area contributed by atoms with Gasteiger partial charge < -0.3 is 35.0 Å². The van der Waals surface area contributed by atoms with Gasteiger partial charge in [0.05, 0.1) is 43.6 Å². The Labute approximate surface area is 324 Å². The third kappa shape index (κ3) is 34.5. The predicted molar refractivity (Wildman–Crippen MR) is 214 cm³/mol. The molecule has 0 aromatic rings. The topological polar surface area (TPSA) is 167 Å². The molecular weight excluding hydrogens is 674 g/mol. The average Bonchev–Trinajstić information content (AvgIpc) is 3.04. The van der Waals surface area contributed by atoms with Crippen LogP contribution in [-0.2, 0) is 33.4 Å². The van der Waals surface area contributed by atoms with Crippen LogP contribution in [0, 0.1) is 33.5 Å². The Morgan fingerprint density at radius 1 is 0.774 bits per heavy atom. The van der Waals surface area contributed by atoms with E-state index in [1.165, 1.54) is 32.1 Å². The number of esters is 3. The van der Waals surface area contributed by atoms with E-state index < -0.39 is 28.7 Å². The minimum atomic E-state index is -1.21. The standard InChI is InChI=1S/C15H26O4.C9H16O2.C7H14O.C6H13N.C6H12O2/c1-7-8-15(5,6)10-19-12(16)9-11(13(17)18)14(2,3)4;1-5-7-9(3,4)8(10)11-6-2;1-4-5-7(2,3)6-8;7-6-4-2-1-3-5-6;1-4-8-6(7)5(2)3/h7,11H,1,8-10H2,2-6H3,(H,17,18);5H,1,6-7H2,2-4H3;4,8H,1,5-6H2,2-3H3;6H,1-5,7H2;5H,4H2,1-3H3/t11-;;;;/m1..../s1. The summed E-state index contributed by atoms with van der Waals surface area (Å²) < 4.78 is 14.7. The fourth-order valence-corrected chi connectivity index (χ4v) is 4.42. The molecule has 0 saturated heterocycles. The first-order valence-corrected chi connectivity index (χ1v) is 19.2. The normalized spacial score (nSPS) is 13.7. The van der Waals surface area contributed by atoms with Crippen LogP contribution < -0.4 is 10.8 Å². The van der Waals surface area contributed by atoms with Gasteiger partial charge in [0.1, 0.15) is 0 Å². The number of carbonyl (C=O) groups is 4. The smallest absolute Gasteiger partial charge is 0.311 e. The maximum Gasteiger partial charge on any atom is 0.311 e. The van der Waals surface area contributed by atoms with Crippen molar-refractivity contribution in [3.05, 3.63) is 38.0 Å². The molecule has 0 spiro atoms. The van der Waals surface area contributed by atoms with E-state index in [0.717, 1.165) is 18.9 Å². The molecule has 1 rings (SSSR count). The summed E-state index contributed by atoms with van der Waals surface area (Å²) in [6.07, 6.45) is 14.5. The minimum absolute atomic E-state index is 0.00921. The molecule has 0 radical (unpaired) electrons. The van der Waals surface area contributed by atoms with E-state index in [9.17, 15) is 24.3 Å². The molecule has 1 aliphatic carbocycles. The van der Waals surface area contributed by atoms with Crippen LogP contribution in [0.5, 0.6) is 0 Å². The zero-order valence-corrected chi connectivity index (χ0v) is 36.2. The number of hydrogen-bond acceptors (Lipinski definition) is 9. The summed E-state index contributed by atoms with van der Waals surface area (Å²) in [7, 11) is 0. The van der Waals surface area contributed by atoms with Crippen molar-refractivity contribution in [3.8, 4) is 0 Å². The molecule has 0 aliphatic heterocycles. The third-order valence-corrected chi connectivity index (χ3v) is 8.11. The molecule has 1 aliphatic rings. The van der Waals surface area contributed by atoms with E-state index in [0.29, 0.717) is 19.6 Å². The lowest BCUT2D eigenvalue weighted by atomic mass is 9.79. The molecule has 0 bridgehead atoms. The van der Waals surface area contributed by atoms with Gasteiger partial charge in [-0.3, -0.25) is 14.4 Å². The summed E-state index contributed by atoms with van der Waals surface area (Å²) in [5, 5.41) is 19.7. The zero-order valence-electron chi connectivity index (χ0n) is 36.2. The van der Waals surface area contributed by atoms with Gasteiger partial charge >= 0.3 is 17.9 Å². The van der Waals surface area contributed by atoms with Crippen LogP contribution in [0.15, 0.2) is 38.0 Å². The number of carboxylic acid groups (broad SMARTS) is 1. The number of rotatable bonds is 16. The molecule has 53 heavy (non-hydrogen) atoms. The summed E-state index contributed by atoms with van der Waals surface area (Å²) in [4.78, 5) is 44.5. The maximum absolute atomic E-state index is 11.7. The zero-order chi connectivity index (χ0) is 42.5. The molecule has 0 amide bonds. The van der Waals surface area contributed by atoms with Crippen LogP contribution in [0.1, 0.15) is 148 Å². The summed E-state index contributed by atoms with van der Waals surface area (Å²) in [6.45, 7) is 36.4.